The third-order valence-corrected chi connectivity index (χ3v) is 17.1. The number of aryl methyl sites for hydroxylation is 1. The second kappa shape index (κ2) is 14.0. The molecule has 0 atom stereocenters. The monoisotopic (exact) mass is 919 g/mol. The summed E-state index contributed by atoms with van der Waals surface area (Å²) >= 11 is 0. The van der Waals surface area contributed by atoms with Crippen LogP contribution in [0.1, 0.15) is 107 Å². The Morgan fingerprint density at radius 3 is 1.59 bits per heavy atom. The van der Waals surface area contributed by atoms with Crippen molar-refractivity contribution in [1.29, 1.82) is 0 Å². The van der Waals surface area contributed by atoms with E-state index in [2.05, 4.69) is 238 Å². The van der Waals surface area contributed by atoms with E-state index >= 15 is 0 Å². The van der Waals surface area contributed by atoms with Crippen LogP contribution >= 0.6 is 0 Å². The number of benzene rings is 9. The van der Waals surface area contributed by atoms with Gasteiger partial charge in [0.05, 0.1) is 0 Å². The number of hydrogen-bond acceptors (Lipinski definition) is 3. The smallest absolute Gasteiger partial charge is 0.144 e. The van der Waals surface area contributed by atoms with E-state index in [9.17, 15) is 0 Å². The molecule has 2 aromatic heterocycles. The fraction of sp³-hybridized carbons (Fsp3) is 0.206. The van der Waals surface area contributed by atoms with Crippen LogP contribution in [0.15, 0.2) is 173 Å². The first-order valence-electron chi connectivity index (χ1n) is 25.4. The lowest BCUT2D eigenvalue weighted by atomic mass is 9.72. The molecule has 9 aromatic carbocycles. The van der Waals surface area contributed by atoms with Crippen molar-refractivity contribution in [2.24, 2.45) is 0 Å². The van der Waals surface area contributed by atoms with Crippen LogP contribution in [0.5, 0.6) is 0 Å². The second-order valence-corrected chi connectivity index (χ2v) is 23.2. The zero-order chi connectivity index (χ0) is 48.7. The Labute approximate surface area is 416 Å². The molecule has 0 bridgehead atoms. The van der Waals surface area contributed by atoms with Gasteiger partial charge in [0.15, 0.2) is 0 Å². The van der Waals surface area contributed by atoms with Gasteiger partial charge in [0.2, 0.25) is 0 Å². The number of hydrogen-bond donors (Lipinski definition) is 0. The largest absolute Gasteiger partial charge is 0.455 e. The molecule has 11 aromatic rings. The molecule has 3 aliphatic rings. The fourth-order valence-electron chi connectivity index (χ4n) is 13.7. The normalized spacial score (nSPS) is 15.5. The summed E-state index contributed by atoms with van der Waals surface area (Å²) in [4.78, 5) is 2.51. The molecule has 0 saturated heterocycles. The van der Waals surface area contributed by atoms with E-state index in [1.54, 1.807) is 0 Å². The molecule has 2 heterocycles. The van der Waals surface area contributed by atoms with Crippen molar-refractivity contribution in [2.45, 2.75) is 90.9 Å². The Balaban J connectivity index is 0.987. The second-order valence-electron chi connectivity index (χ2n) is 23.2. The molecule has 0 saturated carbocycles. The van der Waals surface area contributed by atoms with Crippen molar-refractivity contribution in [3.05, 3.63) is 208 Å². The van der Waals surface area contributed by atoms with Gasteiger partial charge in [0.1, 0.15) is 22.3 Å². The Bertz CT molecular complexity index is 4140. The summed E-state index contributed by atoms with van der Waals surface area (Å²) in [5.41, 5.74) is 27.1. The first-order chi connectivity index (χ1) is 34.1. The van der Waals surface area contributed by atoms with E-state index in [4.69, 9.17) is 8.83 Å². The predicted octanol–water partition coefficient (Wildman–Crippen LogP) is 19.1. The number of nitrogens with zero attached hydrogens (tertiary/aromatic N) is 1. The van der Waals surface area contributed by atoms with E-state index in [0.717, 1.165) is 44.7 Å². The third kappa shape index (κ3) is 5.50. The van der Waals surface area contributed by atoms with Gasteiger partial charge in [-0.1, -0.05) is 178 Å². The summed E-state index contributed by atoms with van der Waals surface area (Å²) in [5.74, 6) is 0. The number of fused-ring (bicyclic) bond motifs is 19. The van der Waals surface area contributed by atoms with Crippen LogP contribution in [-0.4, -0.2) is 0 Å². The maximum Gasteiger partial charge on any atom is 0.144 e. The molecule has 0 fully saturated rings. The highest BCUT2D eigenvalue weighted by Crippen LogP contribution is 2.64. The molecule has 71 heavy (non-hydrogen) atoms. The summed E-state index contributed by atoms with van der Waals surface area (Å²) in [6.07, 6.45) is 0. The van der Waals surface area contributed by atoms with Gasteiger partial charge in [-0.05, 0) is 139 Å². The van der Waals surface area contributed by atoms with E-state index in [1.165, 1.54) is 105 Å². The number of rotatable bonds is 4. The van der Waals surface area contributed by atoms with Crippen LogP contribution in [0.25, 0.3) is 88.4 Å². The quantitative estimate of drug-likeness (QED) is 0.176. The van der Waals surface area contributed by atoms with Gasteiger partial charge in [-0.3, -0.25) is 0 Å². The highest BCUT2D eigenvalue weighted by molar-refractivity contribution is 6.21. The standard InChI is InChI=1S/C68H57NO2/c1-38-21-11-18-28-53(38)69(39-31-33-43-50(35-39)66(5,6)52-37-47(41-22-12-16-26-48(41)65(2,3)4)63-58(56(43)52)45-24-14-19-29-54(45)70-63)40-32-34-44-51(36-40)68(9,10)61-57(44)59-46-25-15-20-30-55(46)71-64(59)60-42-23-13-17-27-49(42)67(7,8)62(60)61/h11-37H,1-10H3. The molecule has 0 aliphatic heterocycles. The summed E-state index contributed by atoms with van der Waals surface area (Å²) in [5, 5.41) is 4.75. The minimum atomic E-state index is -0.322. The molecular weight excluding hydrogens is 863 g/mol. The number of furan rings is 2. The summed E-state index contributed by atoms with van der Waals surface area (Å²) in [6, 6.07) is 61.0. The molecule has 346 valence electrons. The van der Waals surface area contributed by atoms with E-state index in [-0.39, 0.29) is 21.7 Å². The Morgan fingerprint density at radius 1 is 0.408 bits per heavy atom. The number of para-hydroxylation sites is 3. The van der Waals surface area contributed by atoms with Gasteiger partial charge >= 0.3 is 0 Å². The Kier molecular flexibility index (Phi) is 8.36. The molecule has 0 N–H and O–H groups in total. The summed E-state index contributed by atoms with van der Waals surface area (Å²) in [7, 11) is 0. The Hall–Kier alpha value is -7.62. The average molecular weight is 920 g/mol. The lowest BCUT2D eigenvalue weighted by molar-refractivity contribution is 0.591. The molecule has 0 radical (unpaired) electrons. The van der Waals surface area contributed by atoms with Crippen LogP contribution < -0.4 is 4.90 Å². The summed E-state index contributed by atoms with van der Waals surface area (Å²) in [6.45, 7) is 23.7. The first kappa shape index (κ1) is 42.3. The molecule has 3 aliphatic carbocycles. The van der Waals surface area contributed by atoms with Gasteiger partial charge in [0.25, 0.3) is 0 Å². The topological polar surface area (TPSA) is 29.5 Å². The SMILES string of the molecule is Cc1ccccc1N(c1ccc2c(c1)C(C)(C)c1cc(-c3ccccc3C(C)(C)C)c3oc4ccccc4c3c1-2)c1ccc2c(c1)C(C)(C)c1c3c(c4oc5ccccc5c4c1-2)-c1ccccc1C3(C)C. The van der Waals surface area contributed by atoms with Gasteiger partial charge in [-0.15, -0.1) is 0 Å². The number of anilines is 3. The van der Waals surface area contributed by atoms with Gasteiger partial charge in [-0.25, -0.2) is 0 Å². The minimum absolute atomic E-state index is 0.0573. The van der Waals surface area contributed by atoms with Crippen LogP contribution in [0, 0.1) is 6.92 Å². The highest BCUT2D eigenvalue weighted by Gasteiger charge is 2.49. The van der Waals surface area contributed by atoms with E-state index in [0.29, 0.717) is 0 Å². The zero-order valence-corrected chi connectivity index (χ0v) is 42.4. The molecule has 14 rings (SSSR count). The van der Waals surface area contributed by atoms with Crippen molar-refractivity contribution < 1.29 is 8.83 Å². The minimum Gasteiger partial charge on any atom is -0.455 e. The van der Waals surface area contributed by atoms with Crippen molar-refractivity contribution in [3.8, 4) is 44.5 Å². The molecule has 0 unspecified atom stereocenters. The first-order valence-corrected chi connectivity index (χ1v) is 25.4. The molecular formula is C68H57NO2. The molecule has 3 heteroatoms. The predicted molar refractivity (Wildman–Crippen MR) is 297 cm³/mol. The summed E-state index contributed by atoms with van der Waals surface area (Å²) < 4.78 is 14.0. The van der Waals surface area contributed by atoms with Crippen molar-refractivity contribution in [1.82, 2.24) is 0 Å². The zero-order valence-electron chi connectivity index (χ0n) is 42.4. The molecule has 0 spiro atoms. The highest BCUT2D eigenvalue weighted by atomic mass is 16.3. The van der Waals surface area contributed by atoms with E-state index < -0.39 is 0 Å². The lowest BCUT2D eigenvalue weighted by Gasteiger charge is -2.32. The van der Waals surface area contributed by atoms with E-state index in [1.807, 2.05) is 0 Å². The maximum absolute atomic E-state index is 7.00. The molecule has 3 nitrogen and oxygen atoms in total. The fourth-order valence-corrected chi connectivity index (χ4v) is 13.7. The van der Waals surface area contributed by atoms with Gasteiger partial charge in [-0.2, -0.15) is 0 Å². The van der Waals surface area contributed by atoms with Crippen molar-refractivity contribution in [2.75, 3.05) is 4.90 Å². The van der Waals surface area contributed by atoms with Crippen LogP contribution in [0.2, 0.25) is 0 Å². The van der Waals surface area contributed by atoms with Crippen molar-refractivity contribution in [3.63, 3.8) is 0 Å². The average Bonchev–Trinajstić information content (AvgIpc) is 4.11. The third-order valence-electron chi connectivity index (χ3n) is 17.1. The van der Waals surface area contributed by atoms with Crippen LogP contribution in [-0.2, 0) is 21.7 Å². The maximum atomic E-state index is 7.00. The van der Waals surface area contributed by atoms with Gasteiger partial charge < -0.3 is 13.7 Å². The van der Waals surface area contributed by atoms with Crippen molar-refractivity contribution >= 4 is 60.9 Å². The Morgan fingerprint density at radius 2 is 0.915 bits per heavy atom. The van der Waals surface area contributed by atoms with Gasteiger partial charge in [0, 0.05) is 66.0 Å². The van der Waals surface area contributed by atoms with Crippen LogP contribution in [0.4, 0.5) is 17.1 Å². The molecule has 0 amide bonds. The lowest BCUT2D eigenvalue weighted by Crippen LogP contribution is -2.24. The van der Waals surface area contributed by atoms with Crippen LogP contribution in [0.3, 0.4) is 0 Å².